The molecule has 0 unspecified atom stereocenters. The standard InChI is InChI=1S/C5H9N3OS/c1-8-4-5(3-7-8)10(2,6)9/h3-4,6H,1-2H3/t10-/m1/s1. The summed E-state index contributed by atoms with van der Waals surface area (Å²) in [7, 11) is -0.834. The van der Waals surface area contributed by atoms with E-state index in [1.54, 1.807) is 13.2 Å². The van der Waals surface area contributed by atoms with Gasteiger partial charge in [0.1, 0.15) is 0 Å². The summed E-state index contributed by atoms with van der Waals surface area (Å²) < 4.78 is 19.7. The molecule has 0 saturated heterocycles. The normalized spacial score (nSPS) is 16.6. The maximum atomic E-state index is 11.0. The molecular formula is C5H9N3OS. The van der Waals surface area contributed by atoms with Crippen LogP contribution in [-0.4, -0.2) is 20.2 Å². The molecule has 0 aliphatic rings. The van der Waals surface area contributed by atoms with Gasteiger partial charge in [-0.1, -0.05) is 0 Å². The van der Waals surface area contributed by atoms with E-state index in [-0.39, 0.29) is 0 Å². The van der Waals surface area contributed by atoms with Gasteiger partial charge in [0.15, 0.2) is 0 Å². The SMILES string of the molecule is Cn1cc([S@](C)(=N)=O)cn1. The van der Waals surface area contributed by atoms with E-state index in [1.807, 2.05) is 0 Å². The Morgan fingerprint density at radius 1 is 1.80 bits per heavy atom. The van der Waals surface area contributed by atoms with Crippen LogP contribution < -0.4 is 0 Å². The molecule has 0 radical (unpaired) electrons. The second kappa shape index (κ2) is 2.09. The number of aromatic nitrogens is 2. The van der Waals surface area contributed by atoms with Crippen LogP contribution in [0.15, 0.2) is 17.3 Å². The number of nitrogens with zero attached hydrogens (tertiary/aromatic N) is 2. The van der Waals surface area contributed by atoms with Gasteiger partial charge >= 0.3 is 0 Å². The quantitative estimate of drug-likeness (QED) is 0.647. The van der Waals surface area contributed by atoms with E-state index < -0.39 is 9.73 Å². The Kier molecular flexibility index (Phi) is 1.52. The summed E-state index contributed by atoms with van der Waals surface area (Å²) >= 11 is 0. The average Bonchev–Trinajstić information content (AvgIpc) is 2.11. The van der Waals surface area contributed by atoms with Crippen LogP contribution in [0.25, 0.3) is 0 Å². The highest BCUT2D eigenvalue weighted by Crippen LogP contribution is 2.05. The van der Waals surface area contributed by atoms with Gasteiger partial charge < -0.3 is 0 Å². The van der Waals surface area contributed by atoms with Crippen molar-refractivity contribution in [3.63, 3.8) is 0 Å². The molecule has 5 heteroatoms. The van der Waals surface area contributed by atoms with Gasteiger partial charge in [0.2, 0.25) is 0 Å². The molecule has 0 fully saturated rings. The molecule has 1 atom stereocenters. The van der Waals surface area contributed by atoms with Crippen molar-refractivity contribution in [1.29, 1.82) is 4.78 Å². The van der Waals surface area contributed by atoms with Crippen molar-refractivity contribution >= 4 is 9.73 Å². The van der Waals surface area contributed by atoms with Gasteiger partial charge in [0, 0.05) is 19.5 Å². The number of hydrogen-bond donors (Lipinski definition) is 1. The highest BCUT2D eigenvalue weighted by molar-refractivity contribution is 7.91. The number of rotatable bonds is 1. The van der Waals surface area contributed by atoms with Crippen LogP contribution in [-0.2, 0) is 16.8 Å². The van der Waals surface area contributed by atoms with E-state index in [4.69, 9.17) is 4.78 Å². The maximum Gasteiger partial charge on any atom is 0.0848 e. The predicted molar refractivity (Wildman–Crippen MR) is 38.3 cm³/mol. The molecule has 1 aromatic rings. The van der Waals surface area contributed by atoms with Crippen LogP contribution in [0.3, 0.4) is 0 Å². The highest BCUT2D eigenvalue weighted by atomic mass is 32.2. The Labute approximate surface area is 59.8 Å². The van der Waals surface area contributed by atoms with Crippen LogP contribution in [0.5, 0.6) is 0 Å². The minimum absolute atomic E-state index is 0.481. The van der Waals surface area contributed by atoms with Crippen molar-refractivity contribution in [2.24, 2.45) is 7.05 Å². The first-order chi connectivity index (χ1) is 4.50. The molecular weight excluding hydrogens is 150 g/mol. The smallest absolute Gasteiger partial charge is 0.0848 e. The molecule has 1 N–H and O–H groups in total. The first-order valence-electron chi connectivity index (χ1n) is 2.72. The van der Waals surface area contributed by atoms with Crippen LogP contribution in [0, 0.1) is 4.78 Å². The zero-order valence-electron chi connectivity index (χ0n) is 5.87. The highest BCUT2D eigenvalue weighted by Gasteiger charge is 2.03. The molecule has 0 aliphatic heterocycles. The summed E-state index contributed by atoms with van der Waals surface area (Å²) in [6.45, 7) is 0. The molecule has 0 saturated carbocycles. The number of aryl methyl sites for hydroxylation is 1. The lowest BCUT2D eigenvalue weighted by Gasteiger charge is -1.91. The fourth-order valence-corrected chi connectivity index (χ4v) is 1.20. The van der Waals surface area contributed by atoms with Gasteiger partial charge in [-0.3, -0.25) is 4.68 Å². The van der Waals surface area contributed by atoms with Crippen LogP contribution in [0.4, 0.5) is 0 Å². The lowest BCUT2D eigenvalue weighted by atomic mass is 10.7. The van der Waals surface area contributed by atoms with Gasteiger partial charge in [-0.25, -0.2) is 8.99 Å². The number of nitrogens with one attached hydrogen (secondary N) is 1. The molecule has 1 heterocycles. The van der Waals surface area contributed by atoms with E-state index in [0.29, 0.717) is 4.90 Å². The fraction of sp³-hybridized carbons (Fsp3) is 0.400. The Morgan fingerprint density at radius 2 is 2.40 bits per heavy atom. The van der Waals surface area contributed by atoms with Gasteiger partial charge in [-0.05, 0) is 0 Å². The maximum absolute atomic E-state index is 11.0. The fourth-order valence-electron chi connectivity index (χ4n) is 0.600. The molecule has 1 rings (SSSR count). The Morgan fingerprint density at radius 3 is 2.60 bits per heavy atom. The van der Waals surface area contributed by atoms with E-state index in [2.05, 4.69) is 5.10 Å². The van der Waals surface area contributed by atoms with E-state index in [1.165, 1.54) is 17.1 Å². The second-order valence-corrected chi connectivity index (χ2v) is 4.35. The molecule has 0 aliphatic carbocycles. The predicted octanol–water partition coefficient (Wildman–Crippen LogP) is 0.456. The Bertz CT molecular complexity index is 324. The van der Waals surface area contributed by atoms with Gasteiger partial charge in [-0.15, -0.1) is 0 Å². The van der Waals surface area contributed by atoms with Gasteiger partial charge in [-0.2, -0.15) is 5.10 Å². The van der Waals surface area contributed by atoms with E-state index in [9.17, 15) is 4.21 Å². The van der Waals surface area contributed by atoms with Crippen LogP contribution >= 0.6 is 0 Å². The first-order valence-corrected chi connectivity index (χ1v) is 4.69. The molecule has 10 heavy (non-hydrogen) atoms. The molecule has 0 bridgehead atoms. The topological polar surface area (TPSA) is 58.7 Å². The molecule has 0 amide bonds. The Hall–Kier alpha value is -0.840. The molecule has 0 spiro atoms. The summed E-state index contributed by atoms with van der Waals surface area (Å²) in [6, 6.07) is 0. The Balaban J connectivity index is 3.21. The first kappa shape index (κ1) is 7.27. The van der Waals surface area contributed by atoms with Crippen LogP contribution in [0.1, 0.15) is 0 Å². The van der Waals surface area contributed by atoms with Crippen molar-refractivity contribution in [3.8, 4) is 0 Å². The second-order valence-electron chi connectivity index (χ2n) is 2.19. The molecule has 1 aromatic heterocycles. The summed E-state index contributed by atoms with van der Waals surface area (Å²) in [5, 5.41) is 3.80. The zero-order chi connectivity index (χ0) is 7.78. The van der Waals surface area contributed by atoms with Crippen molar-refractivity contribution in [2.75, 3.05) is 6.26 Å². The minimum atomic E-state index is -2.57. The lowest BCUT2D eigenvalue weighted by molar-refractivity contribution is 0.678. The van der Waals surface area contributed by atoms with E-state index >= 15 is 0 Å². The summed E-state index contributed by atoms with van der Waals surface area (Å²) in [4.78, 5) is 0.481. The van der Waals surface area contributed by atoms with Crippen molar-refractivity contribution < 1.29 is 4.21 Å². The van der Waals surface area contributed by atoms with Crippen LogP contribution in [0.2, 0.25) is 0 Å². The largest absolute Gasteiger partial charge is 0.275 e. The third-order valence-electron chi connectivity index (χ3n) is 1.13. The average molecular weight is 159 g/mol. The third-order valence-corrected chi connectivity index (χ3v) is 2.24. The van der Waals surface area contributed by atoms with Crippen molar-refractivity contribution in [2.45, 2.75) is 4.90 Å². The van der Waals surface area contributed by atoms with Gasteiger partial charge in [0.25, 0.3) is 0 Å². The minimum Gasteiger partial charge on any atom is -0.275 e. The number of hydrogen-bond acceptors (Lipinski definition) is 3. The summed E-state index contributed by atoms with van der Waals surface area (Å²) in [5.74, 6) is 0. The van der Waals surface area contributed by atoms with Crippen molar-refractivity contribution in [1.82, 2.24) is 9.78 Å². The third kappa shape index (κ3) is 1.36. The summed E-state index contributed by atoms with van der Waals surface area (Å²) in [5.41, 5.74) is 0. The zero-order valence-corrected chi connectivity index (χ0v) is 6.68. The summed E-state index contributed by atoms with van der Waals surface area (Å²) in [6.07, 6.45) is 4.43. The van der Waals surface area contributed by atoms with Gasteiger partial charge in [0.05, 0.1) is 20.8 Å². The molecule has 4 nitrogen and oxygen atoms in total. The lowest BCUT2D eigenvalue weighted by Crippen LogP contribution is -1.91. The monoisotopic (exact) mass is 159 g/mol. The molecule has 56 valence electrons. The van der Waals surface area contributed by atoms with Crippen molar-refractivity contribution in [3.05, 3.63) is 12.4 Å². The molecule has 0 aromatic carbocycles. The van der Waals surface area contributed by atoms with E-state index in [0.717, 1.165) is 0 Å².